The molecule has 0 fully saturated rings. The van der Waals surface area contributed by atoms with Crippen molar-refractivity contribution in [2.45, 2.75) is 32.9 Å². The van der Waals surface area contributed by atoms with E-state index in [1.165, 1.54) is 5.56 Å². The minimum atomic E-state index is 0.325. The van der Waals surface area contributed by atoms with Gasteiger partial charge in [0, 0.05) is 56.8 Å². The molecule has 5 heteroatoms. The predicted molar refractivity (Wildman–Crippen MR) is 71.2 cm³/mol. The van der Waals surface area contributed by atoms with E-state index in [1.807, 2.05) is 30.3 Å². The van der Waals surface area contributed by atoms with E-state index in [1.54, 1.807) is 0 Å². The van der Waals surface area contributed by atoms with E-state index in [0.717, 1.165) is 25.3 Å². The van der Waals surface area contributed by atoms with Gasteiger partial charge in [-0.3, -0.25) is 4.68 Å². The first-order valence-electron chi connectivity index (χ1n) is 6.42. The van der Waals surface area contributed by atoms with E-state index in [4.69, 9.17) is 0 Å². The summed E-state index contributed by atoms with van der Waals surface area (Å²) in [7, 11) is 2.02. The smallest absolute Gasteiger partial charge is 0.109 e. The Morgan fingerprint density at radius 2 is 2.28 bits per heavy atom. The molecule has 2 aromatic heterocycles. The van der Waals surface area contributed by atoms with Crippen LogP contribution in [0.3, 0.4) is 0 Å². The molecule has 2 rings (SSSR count). The molecule has 0 saturated heterocycles. The van der Waals surface area contributed by atoms with Gasteiger partial charge < -0.3 is 9.88 Å². The molecular weight excluding hydrogens is 226 g/mol. The molecule has 0 aromatic carbocycles. The van der Waals surface area contributed by atoms with Crippen molar-refractivity contribution < 1.29 is 0 Å². The van der Waals surface area contributed by atoms with E-state index in [9.17, 15) is 0 Å². The van der Waals surface area contributed by atoms with Gasteiger partial charge in [-0.15, -0.1) is 0 Å². The summed E-state index contributed by atoms with van der Waals surface area (Å²) in [6.07, 6.45) is 8.78. The van der Waals surface area contributed by atoms with E-state index < -0.39 is 0 Å². The van der Waals surface area contributed by atoms with Crippen LogP contribution in [0, 0.1) is 0 Å². The Balaban J connectivity index is 1.81. The van der Waals surface area contributed by atoms with E-state index in [2.05, 4.69) is 40.0 Å². The summed E-state index contributed by atoms with van der Waals surface area (Å²) in [6.45, 7) is 6.09. The van der Waals surface area contributed by atoms with Crippen LogP contribution in [0.15, 0.2) is 24.8 Å². The molecule has 0 aliphatic heterocycles. The summed E-state index contributed by atoms with van der Waals surface area (Å²) in [5.74, 6) is 1.11. The lowest BCUT2D eigenvalue weighted by molar-refractivity contribution is 0.563. The maximum absolute atomic E-state index is 4.31. The molecule has 0 radical (unpaired) electrons. The number of hydrogen-bond donors (Lipinski definition) is 1. The van der Waals surface area contributed by atoms with Gasteiger partial charge in [0.1, 0.15) is 5.82 Å². The lowest BCUT2D eigenvalue weighted by atomic mass is 10.2. The highest BCUT2D eigenvalue weighted by Crippen LogP contribution is 2.10. The molecule has 0 saturated carbocycles. The van der Waals surface area contributed by atoms with Crippen LogP contribution in [0.1, 0.15) is 31.3 Å². The van der Waals surface area contributed by atoms with Gasteiger partial charge >= 0.3 is 0 Å². The minimum Gasteiger partial charge on any atom is -0.338 e. The number of nitrogens with one attached hydrogen (secondary N) is 1. The van der Waals surface area contributed by atoms with Gasteiger partial charge in [-0.25, -0.2) is 4.98 Å². The van der Waals surface area contributed by atoms with Gasteiger partial charge in [-0.1, -0.05) is 0 Å². The topological polar surface area (TPSA) is 47.7 Å². The summed E-state index contributed by atoms with van der Waals surface area (Å²) in [5.41, 5.74) is 1.23. The van der Waals surface area contributed by atoms with Crippen molar-refractivity contribution in [1.29, 1.82) is 0 Å². The third kappa shape index (κ3) is 2.98. The van der Waals surface area contributed by atoms with Crippen LogP contribution in [-0.4, -0.2) is 25.9 Å². The molecule has 0 aliphatic carbocycles. The molecule has 0 bridgehead atoms. The molecule has 0 aliphatic rings. The highest BCUT2D eigenvalue weighted by Gasteiger charge is 2.07. The Labute approximate surface area is 108 Å². The standard InChI is InChI=1S/C13H21N5/c1-4-18-10-12(9-16-18)11(2)14-6-5-13-15-7-8-17(13)3/h7-11,14H,4-6H2,1-3H3. The van der Waals surface area contributed by atoms with Gasteiger partial charge in [0.25, 0.3) is 0 Å². The van der Waals surface area contributed by atoms with Gasteiger partial charge in [0.05, 0.1) is 6.20 Å². The van der Waals surface area contributed by atoms with E-state index >= 15 is 0 Å². The SMILES string of the molecule is CCn1cc(C(C)NCCc2nccn2C)cn1. The Kier molecular flexibility index (Phi) is 4.15. The summed E-state index contributed by atoms with van der Waals surface area (Å²) >= 11 is 0. The number of aryl methyl sites for hydroxylation is 2. The molecule has 1 N–H and O–H groups in total. The fraction of sp³-hybridized carbons (Fsp3) is 0.538. The van der Waals surface area contributed by atoms with Crippen LogP contribution in [0.2, 0.25) is 0 Å². The quantitative estimate of drug-likeness (QED) is 0.842. The average molecular weight is 247 g/mol. The van der Waals surface area contributed by atoms with Crippen LogP contribution in [0.5, 0.6) is 0 Å². The second-order valence-corrected chi connectivity index (χ2v) is 4.51. The summed E-state index contributed by atoms with van der Waals surface area (Å²) in [4.78, 5) is 4.31. The Bertz CT molecular complexity index is 485. The van der Waals surface area contributed by atoms with Crippen molar-refractivity contribution in [1.82, 2.24) is 24.6 Å². The monoisotopic (exact) mass is 247 g/mol. The predicted octanol–water partition coefficient (Wildman–Crippen LogP) is 1.53. The fourth-order valence-corrected chi connectivity index (χ4v) is 1.93. The first-order chi connectivity index (χ1) is 8.70. The molecule has 0 spiro atoms. The lowest BCUT2D eigenvalue weighted by Gasteiger charge is -2.11. The fourth-order valence-electron chi connectivity index (χ4n) is 1.93. The van der Waals surface area contributed by atoms with Gasteiger partial charge in [-0.2, -0.15) is 5.10 Å². The highest BCUT2D eigenvalue weighted by atomic mass is 15.3. The van der Waals surface area contributed by atoms with Gasteiger partial charge in [0.2, 0.25) is 0 Å². The van der Waals surface area contributed by atoms with Gasteiger partial charge in [0.15, 0.2) is 0 Å². The van der Waals surface area contributed by atoms with E-state index in [-0.39, 0.29) is 0 Å². The molecule has 98 valence electrons. The number of imidazole rings is 1. The third-order valence-electron chi connectivity index (χ3n) is 3.20. The van der Waals surface area contributed by atoms with Crippen LogP contribution < -0.4 is 5.32 Å². The minimum absolute atomic E-state index is 0.325. The van der Waals surface area contributed by atoms with Gasteiger partial charge in [-0.05, 0) is 13.8 Å². The second-order valence-electron chi connectivity index (χ2n) is 4.51. The Morgan fingerprint density at radius 3 is 2.89 bits per heavy atom. The van der Waals surface area contributed by atoms with E-state index in [0.29, 0.717) is 6.04 Å². The molecule has 18 heavy (non-hydrogen) atoms. The number of hydrogen-bond acceptors (Lipinski definition) is 3. The highest BCUT2D eigenvalue weighted by molar-refractivity contribution is 5.09. The normalized spacial score (nSPS) is 12.8. The number of aromatic nitrogens is 4. The van der Waals surface area contributed by atoms with Crippen molar-refractivity contribution in [3.63, 3.8) is 0 Å². The van der Waals surface area contributed by atoms with Crippen LogP contribution in [0.4, 0.5) is 0 Å². The maximum Gasteiger partial charge on any atom is 0.109 e. The number of rotatable bonds is 6. The summed E-state index contributed by atoms with van der Waals surface area (Å²) in [6, 6.07) is 0.325. The molecule has 2 aromatic rings. The largest absolute Gasteiger partial charge is 0.338 e. The van der Waals surface area contributed by atoms with Crippen molar-refractivity contribution in [3.8, 4) is 0 Å². The first kappa shape index (κ1) is 12.8. The first-order valence-corrected chi connectivity index (χ1v) is 6.42. The molecule has 2 heterocycles. The second kappa shape index (κ2) is 5.82. The van der Waals surface area contributed by atoms with Crippen LogP contribution in [0.25, 0.3) is 0 Å². The molecule has 5 nitrogen and oxygen atoms in total. The zero-order chi connectivity index (χ0) is 13.0. The number of nitrogens with zero attached hydrogens (tertiary/aromatic N) is 4. The molecule has 1 unspecified atom stereocenters. The molecular formula is C13H21N5. The van der Waals surface area contributed by atoms with Crippen LogP contribution >= 0.6 is 0 Å². The molecule has 1 atom stereocenters. The lowest BCUT2D eigenvalue weighted by Crippen LogP contribution is -2.22. The van der Waals surface area contributed by atoms with Crippen LogP contribution in [-0.2, 0) is 20.0 Å². The Morgan fingerprint density at radius 1 is 1.44 bits per heavy atom. The summed E-state index contributed by atoms with van der Waals surface area (Å²) in [5, 5.41) is 7.78. The Hall–Kier alpha value is -1.62. The van der Waals surface area contributed by atoms with Crippen molar-refractivity contribution in [3.05, 3.63) is 36.2 Å². The summed E-state index contributed by atoms with van der Waals surface area (Å²) < 4.78 is 4.01. The van der Waals surface area contributed by atoms with Crippen molar-refractivity contribution >= 4 is 0 Å². The van der Waals surface area contributed by atoms with Crippen molar-refractivity contribution in [2.24, 2.45) is 7.05 Å². The molecule has 0 amide bonds. The zero-order valence-corrected chi connectivity index (χ0v) is 11.3. The zero-order valence-electron chi connectivity index (χ0n) is 11.3. The average Bonchev–Trinajstić information content (AvgIpc) is 2.98. The van der Waals surface area contributed by atoms with Crippen molar-refractivity contribution in [2.75, 3.05) is 6.54 Å². The third-order valence-corrected chi connectivity index (χ3v) is 3.20. The maximum atomic E-state index is 4.31.